The van der Waals surface area contributed by atoms with Crippen molar-refractivity contribution in [3.05, 3.63) is 80.5 Å². The van der Waals surface area contributed by atoms with E-state index in [9.17, 15) is 14.7 Å². The summed E-state index contributed by atoms with van der Waals surface area (Å²) in [5, 5.41) is 13.5. The molecule has 1 atom stereocenters. The van der Waals surface area contributed by atoms with Crippen LogP contribution in [0.1, 0.15) is 29.0 Å². The zero-order chi connectivity index (χ0) is 25.1. The van der Waals surface area contributed by atoms with Crippen molar-refractivity contribution < 1.29 is 28.9 Å². The van der Waals surface area contributed by atoms with Gasteiger partial charge in [-0.2, -0.15) is 0 Å². The number of ether oxygens (including phenoxy) is 3. The maximum Gasteiger partial charge on any atom is 0.295 e. The second kappa shape index (κ2) is 10.4. The molecule has 1 amide bonds. The van der Waals surface area contributed by atoms with E-state index in [2.05, 4.69) is 0 Å². The third-order valence-corrected chi connectivity index (χ3v) is 6.86. The van der Waals surface area contributed by atoms with Crippen LogP contribution >= 0.6 is 22.9 Å². The van der Waals surface area contributed by atoms with Crippen molar-refractivity contribution in [2.24, 2.45) is 0 Å². The fraction of sp³-hybridized carbons (Fsp3) is 0.231. The first-order chi connectivity index (χ1) is 16.9. The topological polar surface area (TPSA) is 85.3 Å². The molecule has 2 aromatic carbocycles. The highest BCUT2D eigenvalue weighted by Crippen LogP contribution is 2.44. The first kappa shape index (κ1) is 24.6. The van der Waals surface area contributed by atoms with Gasteiger partial charge in [-0.3, -0.25) is 9.59 Å². The van der Waals surface area contributed by atoms with Gasteiger partial charge in [-0.1, -0.05) is 23.7 Å². The lowest BCUT2D eigenvalue weighted by Gasteiger charge is -2.25. The van der Waals surface area contributed by atoms with Crippen LogP contribution in [0.15, 0.2) is 59.5 Å². The highest BCUT2D eigenvalue weighted by Gasteiger charge is 2.46. The smallest absolute Gasteiger partial charge is 0.295 e. The normalized spacial score (nSPS) is 17.0. The summed E-state index contributed by atoms with van der Waals surface area (Å²) in [6.07, 6.45) is 0. The molecule has 0 aliphatic carbocycles. The van der Waals surface area contributed by atoms with Crippen molar-refractivity contribution in [3.8, 4) is 17.2 Å². The Morgan fingerprint density at radius 3 is 2.51 bits per heavy atom. The Hall–Kier alpha value is -3.49. The Morgan fingerprint density at radius 2 is 1.86 bits per heavy atom. The fourth-order valence-electron chi connectivity index (χ4n) is 4.07. The number of nitrogens with zero attached hydrogens (tertiary/aromatic N) is 1. The Bertz CT molecular complexity index is 1290. The zero-order valence-electron chi connectivity index (χ0n) is 19.4. The first-order valence-corrected chi connectivity index (χ1v) is 12.1. The number of hydrogen-bond acceptors (Lipinski definition) is 7. The minimum Gasteiger partial charge on any atom is -0.507 e. The summed E-state index contributed by atoms with van der Waals surface area (Å²) < 4.78 is 16.3. The number of benzene rings is 2. The molecular formula is C26H24ClNO6S. The van der Waals surface area contributed by atoms with Gasteiger partial charge in [0.15, 0.2) is 11.5 Å². The summed E-state index contributed by atoms with van der Waals surface area (Å²) in [5.41, 5.74) is 0.726. The number of aliphatic hydroxyl groups excluding tert-OH is 1. The van der Waals surface area contributed by atoms with Gasteiger partial charge >= 0.3 is 0 Å². The quantitative estimate of drug-likeness (QED) is 0.245. The van der Waals surface area contributed by atoms with Crippen LogP contribution in [0, 0.1) is 0 Å². The average Bonchev–Trinajstić information content (AvgIpc) is 3.47. The molecular weight excluding hydrogens is 490 g/mol. The number of carbonyl (C=O) groups is 2. The predicted octanol–water partition coefficient (Wildman–Crippen LogP) is 5.44. The highest BCUT2D eigenvalue weighted by molar-refractivity contribution is 7.09. The third-order valence-electron chi connectivity index (χ3n) is 5.67. The second-order valence-electron chi connectivity index (χ2n) is 7.70. The van der Waals surface area contributed by atoms with Gasteiger partial charge in [-0.05, 0) is 54.3 Å². The standard InChI is InChI=1S/C26H24ClNO6S/c1-4-34-16-8-9-19(27)18(13-16)24(29)22-23(15-7-10-20(32-2)21(12-15)33-3)28(26(31)25(22)30)14-17-6-5-11-35-17/h5-13,23,29H,4,14H2,1-3H3/b24-22+. The van der Waals surface area contributed by atoms with E-state index in [-0.39, 0.29) is 28.5 Å². The largest absolute Gasteiger partial charge is 0.507 e. The first-order valence-electron chi connectivity index (χ1n) is 10.8. The van der Waals surface area contributed by atoms with Gasteiger partial charge < -0.3 is 24.2 Å². The summed E-state index contributed by atoms with van der Waals surface area (Å²) in [6, 6.07) is 12.8. The molecule has 0 bridgehead atoms. The van der Waals surface area contributed by atoms with E-state index in [0.717, 1.165) is 4.88 Å². The number of thiophene rings is 1. The zero-order valence-corrected chi connectivity index (χ0v) is 21.0. The van der Waals surface area contributed by atoms with Gasteiger partial charge in [-0.25, -0.2) is 0 Å². The molecule has 7 nitrogen and oxygen atoms in total. The number of likely N-dealkylation sites (tertiary alicyclic amines) is 1. The van der Waals surface area contributed by atoms with Crippen LogP contribution in [-0.2, 0) is 16.1 Å². The summed E-state index contributed by atoms with van der Waals surface area (Å²) >= 11 is 7.87. The molecule has 0 radical (unpaired) electrons. The highest BCUT2D eigenvalue weighted by atomic mass is 35.5. The van der Waals surface area contributed by atoms with Crippen LogP contribution in [-0.4, -0.2) is 42.5 Å². The Kier molecular flexibility index (Phi) is 7.33. The van der Waals surface area contributed by atoms with E-state index < -0.39 is 17.7 Å². The number of Topliss-reactive ketones (excluding diaryl/α,β-unsaturated/α-hetero) is 1. The average molecular weight is 514 g/mol. The van der Waals surface area contributed by atoms with E-state index >= 15 is 0 Å². The van der Waals surface area contributed by atoms with E-state index in [0.29, 0.717) is 29.4 Å². The second-order valence-corrected chi connectivity index (χ2v) is 9.13. The minimum atomic E-state index is -0.872. The van der Waals surface area contributed by atoms with Crippen LogP contribution in [0.4, 0.5) is 0 Å². The van der Waals surface area contributed by atoms with Crippen molar-refractivity contribution in [2.75, 3.05) is 20.8 Å². The molecule has 1 aromatic heterocycles. The number of hydrogen-bond donors (Lipinski definition) is 1. The SMILES string of the molecule is CCOc1ccc(Cl)c(/C(O)=C2\C(=O)C(=O)N(Cc3cccs3)C2c2ccc(OC)c(OC)c2)c1. The fourth-order valence-corrected chi connectivity index (χ4v) is 4.98. The van der Waals surface area contributed by atoms with Crippen LogP contribution < -0.4 is 14.2 Å². The number of ketones is 1. The van der Waals surface area contributed by atoms with Gasteiger partial charge in [0.05, 0.1) is 44.0 Å². The molecule has 9 heteroatoms. The van der Waals surface area contributed by atoms with E-state index in [4.69, 9.17) is 25.8 Å². The number of aliphatic hydroxyl groups is 1. The molecule has 1 N–H and O–H groups in total. The number of methoxy groups -OCH3 is 2. The lowest BCUT2D eigenvalue weighted by atomic mass is 9.94. The van der Waals surface area contributed by atoms with E-state index in [1.807, 2.05) is 24.4 Å². The summed E-state index contributed by atoms with van der Waals surface area (Å²) in [7, 11) is 3.02. The van der Waals surface area contributed by atoms with Crippen LogP contribution in [0.25, 0.3) is 5.76 Å². The van der Waals surface area contributed by atoms with Gasteiger partial charge in [0.1, 0.15) is 11.5 Å². The summed E-state index contributed by atoms with van der Waals surface area (Å²) in [5.74, 6) is -0.465. The van der Waals surface area contributed by atoms with Crippen LogP contribution in [0.2, 0.25) is 5.02 Å². The van der Waals surface area contributed by atoms with Gasteiger partial charge in [0.2, 0.25) is 0 Å². The molecule has 0 spiro atoms. The van der Waals surface area contributed by atoms with Crippen molar-refractivity contribution in [3.63, 3.8) is 0 Å². The van der Waals surface area contributed by atoms with Gasteiger partial charge in [0.25, 0.3) is 11.7 Å². The molecule has 4 rings (SSSR count). The summed E-state index contributed by atoms with van der Waals surface area (Å²) in [4.78, 5) is 28.9. The lowest BCUT2D eigenvalue weighted by Crippen LogP contribution is -2.28. The van der Waals surface area contributed by atoms with Crippen LogP contribution in [0.5, 0.6) is 17.2 Å². The molecule has 0 saturated carbocycles. The maximum absolute atomic E-state index is 13.3. The molecule has 182 valence electrons. The van der Waals surface area contributed by atoms with Crippen molar-refractivity contribution >= 4 is 40.4 Å². The Balaban J connectivity index is 1.91. The Morgan fingerprint density at radius 1 is 1.09 bits per heavy atom. The minimum absolute atomic E-state index is 0.0608. The number of rotatable bonds is 8. The molecule has 1 aliphatic rings. The molecule has 1 saturated heterocycles. The van der Waals surface area contributed by atoms with E-state index in [1.165, 1.54) is 30.5 Å². The Labute approximate surface area is 212 Å². The molecule has 2 heterocycles. The number of halogens is 1. The molecule has 1 fully saturated rings. The number of carbonyl (C=O) groups excluding carboxylic acids is 2. The van der Waals surface area contributed by atoms with Gasteiger partial charge in [-0.15, -0.1) is 11.3 Å². The van der Waals surface area contributed by atoms with Crippen LogP contribution in [0.3, 0.4) is 0 Å². The van der Waals surface area contributed by atoms with Gasteiger partial charge in [0, 0.05) is 10.4 Å². The predicted molar refractivity (Wildman–Crippen MR) is 134 cm³/mol. The monoisotopic (exact) mass is 513 g/mol. The van der Waals surface area contributed by atoms with E-state index in [1.54, 1.807) is 36.4 Å². The molecule has 1 aliphatic heterocycles. The summed E-state index contributed by atoms with van der Waals surface area (Å²) in [6.45, 7) is 2.45. The van der Waals surface area contributed by atoms with Crippen molar-refractivity contribution in [2.45, 2.75) is 19.5 Å². The molecule has 1 unspecified atom stereocenters. The maximum atomic E-state index is 13.3. The molecule has 35 heavy (non-hydrogen) atoms. The van der Waals surface area contributed by atoms with Crippen molar-refractivity contribution in [1.82, 2.24) is 4.90 Å². The lowest BCUT2D eigenvalue weighted by molar-refractivity contribution is -0.140. The third kappa shape index (κ3) is 4.72. The molecule has 3 aromatic rings. The number of amides is 1. The van der Waals surface area contributed by atoms with Crippen molar-refractivity contribution in [1.29, 1.82) is 0 Å².